The highest BCUT2D eigenvalue weighted by atomic mass is 35.5. The van der Waals surface area contributed by atoms with Gasteiger partial charge in [0.2, 0.25) is 0 Å². The summed E-state index contributed by atoms with van der Waals surface area (Å²) in [6, 6.07) is 2.99. The van der Waals surface area contributed by atoms with Crippen molar-refractivity contribution >= 4 is 34.7 Å². The zero-order valence-corrected chi connectivity index (χ0v) is 17.7. The summed E-state index contributed by atoms with van der Waals surface area (Å²) in [7, 11) is 1.29. The lowest BCUT2D eigenvalue weighted by Crippen LogP contribution is -2.33. The van der Waals surface area contributed by atoms with E-state index in [1.54, 1.807) is 0 Å². The molecule has 2 atom stereocenters. The van der Waals surface area contributed by atoms with Crippen LogP contribution in [0.1, 0.15) is 30.8 Å². The number of nitrogens with zero attached hydrogens (tertiary/aromatic N) is 2. The highest BCUT2D eigenvalue weighted by Gasteiger charge is 2.49. The Balaban J connectivity index is 2.03. The minimum absolute atomic E-state index is 0.0221. The van der Waals surface area contributed by atoms with Crippen LogP contribution in [-0.4, -0.2) is 41.2 Å². The number of methoxy groups -OCH3 is 1. The van der Waals surface area contributed by atoms with Gasteiger partial charge in [0.1, 0.15) is 28.7 Å². The number of ether oxygens (including phenoxy) is 1. The first kappa shape index (κ1) is 22.9. The van der Waals surface area contributed by atoms with Crippen LogP contribution in [-0.2, 0) is 4.79 Å². The number of carboxylic acids is 1. The van der Waals surface area contributed by atoms with Crippen molar-refractivity contribution in [1.29, 1.82) is 0 Å². The number of rotatable bonds is 8. The summed E-state index contributed by atoms with van der Waals surface area (Å²) in [4.78, 5) is 29.0. The predicted octanol–water partition coefficient (Wildman–Crippen LogP) is 4.81. The number of ketones is 1. The van der Waals surface area contributed by atoms with Crippen LogP contribution < -0.4 is 9.64 Å². The fourth-order valence-electron chi connectivity index (χ4n) is 3.27. The van der Waals surface area contributed by atoms with Gasteiger partial charge in [0.05, 0.1) is 42.2 Å². The Labute approximate surface area is 181 Å². The maximum atomic E-state index is 14.5. The number of aliphatic carboxylic acids is 1. The first-order valence-electron chi connectivity index (χ1n) is 9.35. The Kier molecular flexibility index (Phi) is 6.18. The second kappa shape index (κ2) is 8.37. The van der Waals surface area contributed by atoms with Gasteiger partial charge in [0, 0.05) is 18.1 Å². The molecule has 1 saturated carbocycles. The standard InChI is InChI=1S/C21H20ClF3N2O4/c1-21(2,25)9-27(16-6-13(22)14(23)7-15(16)24)10-4-17(31-3)18(26-8-10)19(28)11-5-12(11)20(29)30/h4,6-8,11-12H,5,9H2,1-3H3,(H,29,30)/t11-,12-/m0/s1. The number of pyridine rings is 1. The van der Waals surface area contributed by atoms with Crippen LogP contribution in [0.15, 0.2) is 24.4 Å². The van der Waals surface area contributed by atoms with Gasteiger partial charge in [-0.2, -0.15) is 0 Å². The summed E-state index contributed by atoms with van der Waals surface area (Å²) in [5, 5.41) is 8.70. The molecule has 0 saturated heterocycles. The molecular weight excluding hydrogens is 437 g/mol. The Hall–Kier alpha value is -2.81. The number of halogens is 4. The van der Waals surface area contributed by atoms with E-state index in [4.69, 9.17) is 21.4 Å². The number of Topliss-reactive ketones (excluding diaryl/α,β-unsaturated/α-hetero) is 1. The lowest BCUT2D eigenvalue weighted by molar-refractivity contribution is -0.138. The van der Waals surface area contributed by atoms with Crippen molar-refractivity contribution in [3.8, 4) is 5.75 Å². The number of hydrogen-bond acceptors (Lipinski definition) is 5. The van der Waals surface area contributed by atoms with Gasteiger partial charge >= 0.3 is 5.97 Å². The number of alkyl halides is 1. The molecule has 1 aromatic heterocycles. The molecule has 31 heavy (non-hydrogen) atoms. The van der Waals surface area contributed by atoms with Gasteiger partial charge in [-0.05, 0) is 26.3 Å². The van der Waals surface area contributed by atoms with E-state index in [1.807, 2.05) is 0 Å². The quantitative estimate of drug-likeness (QED) is 0.453. The summed E-state index contributed by atoms with van der Waals surface area (Å²) >= 11 is 5.80. The van der Waals surface area contributed by atoms with E-state index in [9.17, 15) is 22.8 Å². The Bertz CT molecular complexity index is 1040. The van der Waals surface area contributed by atoms with Gasteiger partial charge < -0.3 is 14.7 Å². The van der Waals surface area contributed by atoms with Crippen molar-refractivity contribution in [2.45, 2.75) is 25.9 Å². The molecule has 1 heterocycles. The Morgan fingerprint density at radius 2 is 1.94 bits per heavy atom. The number of aromatic nitrogens is 1. The molecular formula is C21H20ClF3N2O4. The van der Waals surface area contributed by atoms with E-state index in [1.165, 1.54) is 38.1 Å². The molecule has 1 aromatic carbocycles. The third kappa shape index (κ3) is 4.92. The first-order valence-corrected chi connectivity index (χ1v) is 9.72. The van der Waals surface area contributed by atoms with Crippen LogP contribution in [0.4, 0.5) is 24.5 Å². The monoisotopic (exact) mass is 456 g/mol. The minimum Gasteiger partial charge on any atom is -0.494 e. The number of benzene rings is 1. The second-order valence-corrected chi connectivity index (χ2v) is 8.33. The molecule has 0 bridgehead atoms. The van der Waals surface area contributed by atoms with E-state index in [2.05, 4.69) is 4.98 Å². The maximum Gasteiger partial charge on any atom is 0.307 e. The summed E-state index contributed by atoms with van der Waals surface area (Å²) in [6.45, 7) is 2.23. The van der Waals surface area contributed by atoms with Crippen molar-refractivity contribution in [2.75, 3.05) is 18.6 Å². The number of hydrogen-bond donors (Lipinski definition) is 1. The van der Waals surface area contributed by atoms with Crippen molar-refractivity contribution in [2.24, 2.45) is 11.8 Å². The predicted molar refractivity (Wildman–Crippen MR) is 108 cm³/mol. The molecule has 166 valence electrons. The Morgan fingerprint density at radius 1 is 1.26 bits per heavy atom. The van der Waals surface area contributed by atoms with Crippen LogP contribution in [0.5, 0.6) is 5.75 Å². The summed E-state index contributed by atoms with van der Waals surface area (Å²) in [5.74, 6) is -4.91. The Morgan fingerprint density at radius 3 is 2.48 bits per heavy atom. The molecule has 1 aliphatic carbocycles. The molecule has 0 aliphatic heterocycles. The number of carbonyl (C=O) groups is 2. The fourth-order valence-corrected chi connectivity index (χ4v) is 3.42. The molecule has 0 amide bonds. The zero-order valence-electron chi connectivity index (χ0n) is 17.0. The number of carboxylic acid groups (broad SMARTS) is 1. The normalized spacial score (nSPS) is 17.9. The average Bonchev–Trinajstić information content (AvgIpc) is 3.48. The van der Waals surface area contributed by atoms with Crippen LogP contribution in [0.3, 0.4) is 0 Å². The topological polar surface area (TPSA) is 79.7 Å². The SMILES string of the molecule is COc1cc(N(CC(C)(C)F)c2cc(Cl)c(F)cc2F)cnc1C(=O)[C@H]1C[C@@H]1C(=O)O. The highest BCUT2D eigenvalue weighted by molar-refractivity contribution is 6.31. The molecule has 0 radical (unpaired) electrons. The number of carbonyl (C=O) groups excluding carboxylic acids is 1. The maximum absolute atomic E-state index is 14.5. The van der Waals surface area contributed by atoms with Crippen molar-refractivity contribution in [1.82, 2.24) is 4.98 Å². The van der Waals surface area contributed by atoms with Gasteiger partial charge in [0.15, 0.2) is 5.78 Å². The third-order valence-corrected chi connectivity index (χ3v) is 5.15. The lowest BCUT2D eigenvalue weighted by Gasteiger charge is -2.30. The van der Waals surface area contributed by atoms with E-state index in [0.717, 1.165) is 6.07 Å². The average molecular weight is 457 g/mol. The highest BCUT2D eigenvalue weighted by Crippen LogP contribution is 2.43. The lowest BCUT2D eigenvalue weighted by atomic mass is 10.1. The second-order valence-electron chi connectivity index (χ2n) is 7.92. The summed E-state index contributed by atoms with van der Waals surface area (Å²) in [5.41, 5.74) is -1.88. The molecule has 6 nitrogen and oxygen atoms in total. The molecule has 1 N–H and O–H groups in total. The van der Waals surface area contributed by atoms with E-state index in [-0.39, 0.29) is 40.8 Å². The molecule has 0 unspecified atom stereocenters. The van der Waals surface area contributed by atoms with Crippen LogP contribution in [0.25, 0.3) is 0 Å². The molecule has 3 rings (SSSR count). The van der Waals surface area contributed by atoms with Crippen molar-refractivity contribution in [3.05, 3.63) is 46.7 Å². The van der Waals surface area contributed by atoms with Crippen molar-refractivity contribution in [3.63, 3.8) is 0 Å². The fraction of sp³-hybridized carbons (Fsp3) is 0.381. The van der Waals surface area contributed by atoms with Crippen LogP contribution in [0.2, 0.25) is 5.02 Å². The van der Waals surface area contributed by atoms with Gasteiger partial charge in [0.25, 0.3) is 0 Å². The molecule has 0 spiro atoms. The van der Waals surface area contributed by atoms with Crippen LogP contribution in [0, 0.1) is 23.5 Å². The van der Waals surface area contributed by atoms with E-state index < -0.39 is 40.9 Å². The smallest absolute Gasteiger partial charge is 0.307 e. The molecule has 1 fully saturated rings. The minimum atomic E-state index is -1.79. The summed E-state index contributed by atoms with van der Waals surface area (Å²) < 4.78 is 47.9. The first-order chi connectivity index (χ1) is 14.4. The van der Waals surface area contributed by atoms with Gasteiger partial charge in [-0.3, -0.25) is 9.59 Å². The van der Waals surface area contributed by atoms with Crippen LogP contribution >= 0.6 is 11.6 Å². The number of anilines is 2. The van der Waals surface area contributed by atoms with Gasteiger partial charge in [-0.25, -0.2) is 18.2 Å². The van der Waals surface area contributed by atoms with Gasteiger partial charge in [-0.15, -0.1) is 0 Å². The largest absolute Gasteiger partial charge is 0.494 e. The zero-order chi connectivity index (χ0) is 23.1. The van der Waals surface area contributed by atoms with E-state index in [0.29, 0.717) is 6.07 Å². The van der Waals surface area contributed by atoms with E-state index >= 15 is 0 Å². The molecule has 1 aliphatic rings. The third-order valence-electron chi connectivity index (χ3n) is 4.86. The molecule has 10 heteroatoms. The van der Waals surface area contributed by atoms with Crippen molar-refractivity contribution < 1.29 is 32.6 Å². The van der Waals surface area contributed by atoms with Gasteiger partial charge in [-0.1, -0.05) is 11.6 Å². The molecule has 2 aromatic rings. The summed E-state index contributed by atoms with van der Waals surface area (Å²) in [6.07, 6.45) is 1.43.